The molecule has 0 aliphatic rings. The molecule has 18 heavy (non-hydrogen) atoms. The first-order valence-corrected chi connectivity index (χ1v) is 5.85. The normalized spacial score (nSPS) is 10.6. The zero-order valence-corrected chi connectivity index (χ0v) is 10.7. The number of aromatic nitrogens is 1. The Morgan fingerprint density at radius 2 is 2.44 bits per heavy atom. The number of aryl methyl sites for hydroxylation is 1. The number of nitrogens with one attached hydrogen (secondary N) is 2. The van der Waals surface area contributed by atoms with Crippen molar-refractivity contribution in [3.8, 4) is 6.07 Å². The number of anilines is 1. The predicted octanol–water partition coefficient (Wildman–Crippen LogP) is 1.56. The average Bonchev–Trinajstić information content (AvgIpc) is 2.39. The summed E-state index contributed by atoms with van der Waals surface area (Å²) in [5, 5.41) is 14.2. The van der Waals surface area contributed by atoms with Crippen LogP contribution in [0.3, 0.4) is 0 Å². The van der Waals surface area contributed by atoms with Gasteiger partial charge in [0.25, 0.3) is 5.91 Å². The Morgan fingerprint density at radius 1 is 1.67 bits per heavy atom. The lowest BCUT2D eigenvalue weighted by Gasteiger charge is -2.04. The number of pyridine rings is 1. The number of carbonyl (C=O) groups excluding carboxylic acids is 1. The van der Waals surface area contributed by atoms with Crippen molar-refractivity contribution in [2.75, 3.05) is 17.7 Å². The molecular weight excluding hydrogens is 252 g/mol. The van der Waals surface area contributed by atoms with Gasteiger partial charge in [0, 0.05) is 24.8 Å². The Morgan fingerprint density at radius 3 is 3.06 bits per heavy atom. The maximum absolute atomic E-state index is 11.5. The van der Waals surface area contributed by atoms with Crippen molar-refractivity contribution >= 4 is 23.3 Å². The highest BCUT2D eigenvalue weighted by Crippen LogP contribution is 2.09. The molecule has 0 atom stereocenters. The molecule has 0 radical (unpaired) electrons. The molecular formula is C12H13ClN4O. The minimum atomic E-state index is -0.459. The molecule has 1 aromatic heterocycles. The van der Waals surface area contributed by atoms with E-state index in [-0.39, 0.29) is 5.57 Å². The van der Waals surface area contributed by atoms with Gasteiger partial charge in [-0.3, -0.25) is 4.79 Å². The second-order valence-electron chi connectivity index (χ2n) is 3.43. The third-order valence-corrected chi connectivity index (χ3v) is 2.30. The van der Waals surface area contributed by atoms with E-state index in [2.05, 4.69) is 15.6 Å². The first-order valence-electron chi connectivity index (χ1n) is 5.31. The molecule has 1 heterocycles. The van der Waals surface area contributed by atoms with E-state index in [0.717, 1.165) is 5.56 Å². The topological polar surface area (TPSA) is 77.8 Å². The van der Waals surface area contributed by atoms with E-state index in [1.54, 1.807) is 6.20 Å². The number of nitriles is 1. The van der Waals surface area contributed by atoms with Gasteiger partial charge in [0.15, 0.2) is 0 Å². The van der Waals surface area contributed by atoms with Crippen molar-refractivity contribution in [1.82, 2.24) is 10.3 Å². The summed E-state index contributed by atoms with van der Waals surface area (Å²) >= 11 is 5.44. The van der Waals surface area contributed by atoms with E-state index in [1.165, 1.54) is 6.20 Å². The number of carbonyl (C=O) groups is 1. The standard InChI is InChI=1S/C12H13ClN4O/c1-9-3-2-5-15-11(9)17-8-10(7-14)12(18)16-6-4-13/h2-3,5,8H,4,6H2,1H3,(H,15,17)(H,16,18)/b10-8-. The Labute approximate surface area is 110 Å². The van der Waals surface area contributed by atoms with E-state index < -0.39 is 5.91 Å². The van der Waals surface area contributed by atoms with Crippen LogP contribution < -0.4 is 10.6 Å². The fourth-order valence-corrected chi connectivity index (χ4v) is 1.28. The lowest BCUT2D eigenvalue weighted by Crippen LogP contribution is -2.26. The quantitative estimate of drug-likeness (QED) is 0.481. The van der Waals surface area contributed by atoms with Gasteiger partial charge in [-0.15, -0.1) is 11.6 Å². The SMILES string of the molecule is Cc1cccnc1N/C=C(/C#N)C(=O)NCCCl. The summed E-state index contributed by atoms with van der Waals surface area (Å²) in [4.78, 5) is 15.6. The van der Waals surface area contributed by atoms with Gasteiger partial charge in [-0.1, -0.05) is 6.07 Å². The van der Waals surface area contributed by atoms with Crippen LogP contribution in [0.4, 0.5) is 5.82 Å². The van der Waals surface area contributed by atoms with Gasteiger partial charge in [-0.25, -0.2) is 4.98 Å². The molecule has 94 valence electrons. The minimum absolute atomic E-state index is 0.0230. The fourth-order valence-electron chi connectivity index (χ4n) is 1.18. The van der Waals surface area contributed by atoms with Crippen molar-refractivity contribution in [3.05, 3.63) is 35.7 Å². The van der Waals surface area contributed by atoms with Crippen LogP contribution in [0.2, 0.25) is 0 Å². The second kappa shape index (κ2) is 7.30. The van der Waals surface area contributed by atoms with Crippen molar-refractivity contribution in [2.45, 2.75) is 6.92 Å². The van der Waals surface area contributed by atoms with Crippen molar-refractivity contribution in [2.24, 2.45) is 0 Å². The molecule has 2 N–H and O–H groups in total. The first kappa shape index (κ1) is 14.0. The smallest absolute Gasteiger partial charge is 0.263 e. The summed E-state index contributed by atoms with van der Waals surface area (Å²) in [5.74, 6) is 0.451. The average molecular weight is 265 g/mol. The van der Waals surface area contributed by atoms with Gasteiger partial charge in [-0.2, -0.15) is 5.26 Å². The third kappa shape index (κ3) is 4.07. The molecule has 1 rings (SSSR count). The van der Waals surface area contributed by atoms with Crippen LogP contribution in [0.15, 0.2) is 30.1 Å². The highest BCUT2D eigenvalue weighted by Gasteiger charge is 2.07. The van der Waals surface area contributed by atoms with E-state index >= 15 is 0 Å². The zero-order valence-electron chi connectivity index (χ0n) is 9.90. The van der Waals surface area contributed by atoms with Crippen LogP contribution in [-0.2, 0) is 4.79 Å². The van der Waals surface area contributed by atoms with Gasteiger partial charge in [-0.05, 0) is 18.6 Å². The van der Waals surface area contributed by atoms with E-state index in [0.29, 0.717) is 18.2 Å². The molecule has 0 bridgehead atoms. The maximum atomic E-state index is 11.5. The summed E-state index contributed by atoms with van der Waals surface area (Å²) in [6.07, 6.45) is 2.96. The third-order valence-electron chi connectivity index (χ3n) is 2.11. The fraction of sp³-hybridized carbons (Fsp3) is 0.250. The molecule has 0 aliphatic carbocycles. The van der Waals surface area contributed by atoms with Crippen LogP contribution in [-0.4, -0.2) is 23.3 Å². The van der Waals surface area contributed by atoms with Crippen LogP contribution >= 0.6 is 11.6 Å². The largest absolute Gasteiger partial charge is 0.350 e. The summed E-state index contributed by atoms with van der Waals surface area (Å²) in [6, 6.07) is 5.50. The molecule has 0 fully saturated rings. The van der Waals surface area contributed by atoms with Crippen molar-refractivity contribution in [1.29, 1.82) is 5.26 Å². The summed E-state index contributed by atoms with van der Waals surface area (Å²) in [6.45, 7) is 2.20. The first-order chi connectivity index (χ1) is 8.69. The zero-order chi connectivity index (χ0) is 13.4. The van der Waals surface area contributed by atoms with E-state index in [9.17, 15) is 4.79 Å². The molecule has 0 aromatic carbocycles. The Balaban J connectivity index is 2.72. The number of hydrogen-bond acceptors (Lipinski definition) is 4. The number of nitrogens with zero attached hydrogens (tertiary/aromatic N) is 2. The lowest BCUT2D eigenvalue weighted by molar-refractivity contribution is -0.117. The Hall–Kier alpha value is -2.06. The number of amides is 1. The summed E-state index contributed by atoms with van der Waals surface area (Å²) < 4.78 is 0. The van der Waals surface area contributed by atoms with E-state index in [4.69, 9.17) is 16.9 Å². The summed E-state index contributed by atoms with van der Waals surface area (Å²) in [7, 11) is 0. The number of halogens is 1. The molecule has 0 unspecified atom stereocenters. The van der Waals surface area contributed by atoms with Gasteiger partial charge < -0.3 is 10.6 Å². The van der Waals surface area contributed by atoms with E-state index in [1.807, 2.05) is 25.1 Å². The Kier molecular flexibility index (Phi) is 5.68. The second-order valence-corrected chi connectivity index (χ2v) is 3.81. The lowest BCUT2D eigenvalue weighted by atomic mass is 10.2. The molecule has 6 heteroatoms. The number of hydrogen-bond donors (Lipinski definition) is 2. The van der Waals surface area contributed by atoms with Gasteiger partial charge >= 0.3 is 0 Å². The molecule has 1 aromatic rings. The minimum Gasteiger partial charge on any atom is -0.350 e. The molecule has 5 nitrogen and oxygen atoms in total. The van der Waals surface area contributed by atoms with Gasteiger partial charge in [0.1, 0.15) is 17.5 Å². The number of alkyl halides is 1. The van der Waals surface area contributed by atoms with Crippen LogP contribution in [0.1, 0.15) is 5.56 Å². The Bertz CT molecular complexity index is 493. The van der Waals surface area contributed by atoms with Crippen LogP contribution in [0, 0.1) is 18.3 Å². The van der Waals surface area contributed by atoms with Crippen LogP contribution in [0.5, 0.6) is 0 Å². The van der Waals surface area contributed by atoms with Gasteiger partial charge in [0.2, 0.25) is 0 Å². The molecule has 1 amide bonds. The summed E-state index contributed by atoms with van der Waals surface area (Å²) in [5.41, 5.74) is 0.900. The van der Waals surface area contributed by atoms with Crippen LogP contribution in [0.25, 0.3) is 0 Å². The molecule has 0 saturated heterocycles. The molecule has 0 saturated carbocycles. The molecule has 0 aliphatic heterocycles. The highest BCUT2D eigenvalue weighted by atomic mass is 35.5. The van der Waals surface area contributed by atoms with Crippen molar-refractivity contribution in [3.63, 3.8) is 0 Å². The number of rotatable bonds is 5. The van der Waals surface area contributed by atoms with Gasteiger partial charge in [0.05, 0.1) is 0 Å². The predicted molar refractivity (Wildman–Crippen MR) is 70.0 cm³/mol. The maximum Gasteiger partial charge on any atom is 0.263 e. The molecule has 0 spiro atoms. The highest BCUT2D eigenvalue weighted by molar-refractivity contribution is 6.18. The van der Waals surface area contributed by atoms with Crippen molar-refractivity contribution < 1.29 is 4.79 Å². The monoisotopic (exact) mass is 264 g/mol.